The smallest absolute Gasteiger partial charge is 0.275 e. The van der Waals surface area contributed by atoms with Gasteiger partial charge >= 0.3 is 0 Å². The molecule has 1 rings (SSSR count). The molecule has 0 aliphatic heterocycles. The fraction of sp³-hybridized carbons (Fsp3) is 0.462. The van der Waals surface area contributed by atoms with E-state index >= 15 is 0 Å². The van der Waals surface area contributed by atoms with Crippen molar-refractivity contribution in [1.29, 1.82) is 5.26 Å². The van der Waals surface area contributed by atoms with Crippen LogP contribution >= 0.6 is 0 Å². The molecule has 0 radical (unpaired) electrons. The third-order valence-electron chi connectivity index (χ3n) is 2.85. The third kappa shape index (κ3) is 4.19. The van der Waals surface area contributed by atoms with Crippen molar-refractivity contribution in [1.82, 2.24) is 0 Å². The molecule has 20 heavy (non-hydrogen) atoms. The lowest BCUT2D eigenvalue weighted by Gasteiger charge is -2.23. The Kier molecular flexibility index (Phi) is 6.43. The number of rotatable bonds is 8. The Morgan fingerprint density at radius 2 is 2.25 bits per heavy atom. The van der Waals surface area contributed by atoms with E-state index in [1.54, 1.807) is 19.2 Å². The van der Waals surface area contributed by atoms with Gasteiger partial charge < -0.3 is 14.7 Å². The summed E-state index contributed by atoms with van der Waals surface area (Å²) in [5.74, 6) is 0. The molecule has 0 aliphatic carbocycles. The van der Waals surface area contributed by atoms with Crippen molar-refractivity contribution < 1.29 is 14.8 Å². The number of ether oxygens (including phenoxy) is 1. The molecule has 0 saturated heterocycles. The lowest BCUT2D eigenvalue weighted by Crippen LogP contribution is -2.28. The fourth-order valence-electron chi connectivity index (χ4n) is 1.83. The van der Waals surface area contributed by atoms with E-state index in [1.807, 2.05) is 4.90 Å². The normalized spacial score (nSPS) is 10.1. The van der Waals surface area contributed by atoms with Crippen LogP contribution in [0.1, 0.15) is 12.0 Å². The largest absolute Gasteiger partial charge is 0.391 e. The summed E-state index contributed by atoms with van der Waals surface area (Å²) in [6, 6.07) is 6.62. The van der Waals surface area contributed by atoms with Crippen LogP contribution in [-0.4, -0.2) is 36.8 Å². The first-order valence-electron chi connectivity index (χ1n) is 6.13. The summed E-state index contributed by atoms with van der Waals surface area (Å²) in [5, 5.41) is 28.7. The molecule has 0 unspecified atom stereocenters. The minimum absolute atomic E-state index is 0.108. The van der Waals surface area contributed by atoms with Crippen molar-refractivity contribution in [3.05, 3.63) is 33.9 Å². The standard InChI is InChI=1S/C13H17N3O4/c1-20-8-7-15(6-2-5-14)12-3-4-13(16(18)19)11(9-12)10-17/h3-4,9,17H,2,6-8,10H2,1H3. The number of aliphatic hydroxyl groups excluding tert-OH is 1. The number of nitriles is 1. The van der Waals surface area contributed by atoms with Crippen LogP contribution in [0.4, 0.5) is 11.4 Å². The van der Waals surface area contributed by atoms with Crippen molar-refractivity contribution in [2.75, 3.05) is 31.7 Å². The summed E-state index contributed by atoms with van der Waals surface area (Å²) in [7, 11) is 1.58. The summed E-state index contributed by atoms with van der Waals surface area (Å²) in [6.07, 6.45) is 0.342. The van der Waals surface area contributed by atoms with Crippen molar-refractivity contribution in [2.45, 2.75) is 13.0 Å². The molecular weight excluding hydrogens is 262 g/mol. The molecule has 0 atom stereocenters. The molecular formula is C13H17N3O4. The van der Waals surface area contributed by atoms with E-state index in [-0.39, 0.29) is 11.3 Å². The van der Waals surface area contributed by atoms with Gasteiger partial charge in [-0.1, -0.05) is 0 Å². The second-order valence-electron chi connectivity index (χ2n) is 4.12. The zero-order valence-electron chi connectivity index (χ0n) is 11.3. The molecule has 0 fully saturated rings. The number of hydrogen-bond donors (Lipinski definition) is 1. The maximum Gasteiger partial charge on any atom is 0.275 e. The van der Waals surface area contributed by atoms with Crippen LogP contribution in [-0.2, 0) is 11.3 Å². The van der Waals surface area contributed by atoms with Crippen molar-refractivity contribution in [3.63, 3.8) is 0 Å². The SMILES string of the molecule is COCCN(CCC#N)c1ccc([N+](=O)[O-])c(CO)c1. The van der Waals surface area contributed by atoms with Crippen LogP contribution in [0.5, 0.6) is 0 Å². The molecule has 0 aromatic heterocycles. The molecule has 0 amide bonds. The Morgan fingerprint density at radius 3 is 2.80 bits per heavy atom. The van der Waals surface area contributed by atoms with Gasteiger partial charge in [-0.05, 0) is 12.1 Å². The average molecular weight is 279 g/mol. The first-order chi connectivity index (χ1) is 9.63. The van der Waals surface area contributed by atoms with Gasteiger partial charge in [0.2, 0.25) is 0 Å². The summed E-state index contributed by atoms with van der Waals surface area (Å²) in [6.45, 7) is 1.15. The van der Waals surface area contributed by atoms with Gasteiger partial charge in [-0.3, -0.25) is 10.1 Å². The molecule has 0 saturated carbocycles. The molecule has 1 N–H and O–H groups in total. The molecule has 108 valence electrons. The van der Waals surface area contributed by atoms with Crippen molar-refractivity contribution in [2.24, 2.45) is 0 Å². The van der Waals surface area contributed by atoms with Crippen LogP contribution in [0.25, 0.3) is 0 Å². The summed E-state index contributed by atoms with van der Waals surface area (Å²) in [4.78, 5) is 12.2. The number of methoxy groups -OCH3 is 1. The van der Waals surface area contributed by atoms with Gasteiger partial charge in [0.15, 0.2) is 0 Å². The highest BCUT2D eigenvalue weighted by molar-refractivity contribution is 5.55. The van der Waals surface area contributed by atoms with Gasteiger partial charge in [-0.15, -0.1) is 0 Å². The Bertz CT molecular complexity index is 499. The lowest BCUT2D eigenvalue weighted by atomic mass is 10.1. The third-order valence-corrected chi connectivity index (χ3v) is 2.85. The van der Waals surface area contributed by atoms with E-state index in [0.29, 0.717) is 26.1 Å². The molecule has 0 spiro atoms. The van der Waals surface area contributed by atoms with Gasteiger partial charge in [-0.25, -0.2) is 0 Å². The van der Waals surface area contributed by atoms with Gasteiger partial charge in [0.25, 0.3) is 5.69 Å². The average Bonchev–Trinajstić information content (AvgIpc) is 2.46. The minimum Gasteiger partial charge on any atom is -0.391 e. The van der Waals surface area contributed by atoms with Crippen LogP contribution in [0.3, 0.4) is 0 Å². The highest BCUT2D eigenvalue weighted by Crippen LogP contribution is 2.25. The zero-order valence-corrected chi connectivity index (χ0v) is 11.3. The highest BCUT2D eigenvalue weighted by atomic mass is 16.6. The summed E-state index contributed by atoms with van der Waals surface area (Å²) >= 11 is 0. The van der Waals surface area contributed by atoms with Gasteiger partial charge in [0.05, 0.1) is 36.2 Å². The molecule has 7 heteroatoms. The predicted octanol–water partition coefficient (Wildman–Crippen LogP) is 1.45. The van der Waals surface area contributed by atoms with E-state index in [4.69, 9.17) is 10.00 Å². The number of hydrogen-bond acceptors (Lipinski definition) is 6. The fourth-order valence-corrected chi connectivity index (χ4v) is 1.83. The second kappa shape index (κ2) is 8.09. The molecule has 0 bridgehead atoms. The molecule has 1 aromatic rings. The van der Waals surface area contributed by atoms with E-state index in [0.717, 1.165) is 5.69 Å². The van der Waals surface area contributed by atoms with Gasteiger partial charge in [0, 0.05) is 32.0 Å². The topological polar surface area (TPSA) is 99.6 Å². The second-order valence-corrected chi connectivity index (χ2v) is 4.12. The highest BCUT2D eigenvalue weighted by Gasteiger charge is 2.15. The molecule has 0 aliphatic rings. The quantitative estimate of drug-likeness (QED) is 0.571. The monoisotopic (exact) mass is 279 g/mol. The Balaban J connectivity index is 3.00. The molecule has 0 heterocycles. The number of aliphatic hydroxyl groups is 1. The van der Waals surface area contributed by atoms with E-state index in [2.05, 4.69) is 6.07 Å². The van der Waals surface area contributed by atoms with Crippen molar-refractivity contribution >= 4 is 11.4 Å². The Hall–Kier alpha value is -2.17. The van der Waals surface area contributed by atoms with Crippen LogP contribution in [0.15, 0.2) is 18.2 Å². The number of nitro benzene ring substituents is 1. The Morgan fingerprint density at radius 1 is 1.50 bits per heavy atom. The van der Waals surface area contributed by atoms with Crippen LogP contribution < -0.4 is 4.90 Å². The maximum absolute atomic E-state index is 10.8. The van der Waals surface area contributed by atoms with Gasteiger partial charge in [-0.2, -0.15) is 5.26 Å². The lowest BCUT2D eigenvalue weighted by molar-refractivity contribution is -0.385. The molecule has 7 nitrogen and oxygen atoms in total. The van der Waals surface area contributed by atoms with E-state index < -0.39 is 11.5 Å². The number of nitro groups is 1. The van der Waals surface area contributed by atoms with Crippen LogP contribution in [0, 0.1) is 21.4 Å². The van der Waals surface area contributed by atoms with Crippen LogP contribution in [0.2, 0.25) is 0 Å². The maximum atomic E-state index is 10.8. The predicted molar refractivity (Wildman–Crippen MR) is 73.3 cm³/mol. The summed E-state index contributed by atoms with van der Waals surface area (Å²) < 4.78 is 5.01. The zero-order chi connectivity index (χ0) is 15.0. The van der Waals surface area contributed by atoms with Gasteiger partial charge in [0.1, 0.15) is 0 Å². The number of benzene rings is 1. The Labute approximate surface area is 117 Å². The number of nitrogens with zero attached hydrogens (tertiary/aromatic N) is 3. The number of anilines is 1. The first kappa shape index (κ1) is 15.9. The minimum atomic E-state index is -0.524. The van der Waals surface area contributed by atoms with E-state index in [1.165, 1.54) is 6.07 Å². The first-order valence-corrected chi connectivity index (χ1v) is 6.13. The van der Waals surface area contributed by atoms with E-state index in [9.17, 15) is 15.2 Å². The summed E-state index contributed by atoms with van der Waals surface area (Å²) in [5.41, 5.74) is 0.877. The molecule has 1 aromatic carbocycles. The van der Waals surface area contributed by atoms with Crippen molar-refractivity contribution in [3.8, 4) is 6.07 Å².